The van der Waals surface area contributed by atoms with Crippen molar-refractivity contribution in [2.75, 3.05) is 25.1 Å². The maximum Gasteiger partial charge on any atom is 0.264 e. The van der Waals surface area contributed by atoms with E-state index < -0.39 is 28.5 Å². The van der Waals surface area contributed by atoms with E-state index in [1.807, 2.05) is 45.0 Å². The number of aryl methyl sites for hydroxylation is 1. The number of carbonyl (C=O) groups is 2. The van der Waals surface area contributed by atoms with Gasteiger partial charge in [-0.15, -0.1) is 0 Å². The molecule has 2 amide bonds. The fourth-order valence-electron chi connectivity index (χ4n) is 4.18. The zero-order valence-corrected chi connectivity index (χ0v) is 27.2. The molecule has 1 N–H and O–H groups in total. The Kier molecular flexibility index (Phi) is 11.4. The molecule has 0 unspecified atom stereocenters. The lowest BCUT2D eigenvalue weighted by Gasteiger charge is -2.33. The minimum Gasteiger partial charge on any atom is -0.497 e. The summed E-state index contributed by atoms with van der Waals surface area (Å²) in [5.74, 6) is -0.274. The van der Waals surface area contributed by atoms with Crippen LogP contribution in [0, 0.1) is 6.92 Å². The van der Waals surface area contributed by atoms with Gasteiger partial charge in [0.15, 0.2) is 0 Å². The summed E-state index contributed by atoms with van der Waals surface area (Å²) in [6.07, 6.45) is 0.720. The van der Waals surface area contributed by atoms with Crippen molar-refractivity contribution in [2.24, 2.45) is 0 Å². The highest BCUT2D eigenvalue weighted by Crippen LogP contribution is 2.36. The van der Waals surface area contributed by atoms with Crippen LogP contribution in [0.3, 0.4) is 0 Å². The SMILES string of the molecule is CC[C@H](C)NC(=O)[C@H](C)N(Cc1ccc(Br)cc1)C(=O)CN(c1cc(OC)ccc1OC)S(=O)(=O)c1ccc(C)cc1. The number of rotatable bonds is 13. The van der Waals surface area contributed by atoms with Gasteiger partial charge in [-0.1, -0.05) is 52.7 Å². The zero-order chi connectivity index (χ0) is 31.0. The topological polar surface area (TPSA) is 105 Å². The highest BCUT2D eigenvalue weighted by Gasteiger charge is 2.34. The monoisotopic (exact) mass is 659 g/mol. The molecule has 42 heavy (non-hydrogen) atoms. The Morgan fingerprint density at radius 1 is 0.952 bits per heavy atom. The summed E-state index contributed by atoms with van der Waals surface area (Å²) in [6.45, 7) is 6.84. The predicted octanol–water partition coefficient (Wildman–Crippen LogP) is 5.30. The number of amides is 2. The number of halogens is 1. The Morgan fingerprint density at radius 2 is 1.60 bits per heavy atom. The molecule has 0 heterocycles. The number of nitrogens with zero attached hydrogens (tertiary/aromatic N) is 2. The molecule has 3 rings (SSSR count). The third-order valence-corrected chi connectivity index (χ3v) is 9.28. The van der Waals surface area contributed by atoms with E-state index >= 15 is 0 Å². The van der Waals surface area contributed by atoms with Gasteiger partial charge in [-0.25, -0.2) is 8.42 Å². The lowest BCUT2D eigenvalue weighted by Crippen LogP contribution is -2.52. The van der Waals surface area contributed by atoms with E-state index in [1.165, 1.54) is 37.3 Å². The molecule has 0 aromatic heterocycles. The van der Waals surface area contributed by atoms with Crippen molar-refractivity contribution in [3.63, 3.8) is 0 Å². The largest absolute Gasteiger partial charge is 0.497 e. The molecule has 3 aromatic carbocycles. The normalized spacial score (nSPS) is 12.6. The zero-order valence-electron chi connectivity index (χ0n) is 24.8. The number of hydrogen-bond donors (Lipinski definition) is 1. The van der Waals surface area contributed by atoms with E-state index in [1.54, 1.807) is 31.2 Å². The molecule has 0 fully saturated rings. The number of anilines is 1. The predicted molar refractivity (Wildman–Crippen MR) is 167 cm³/mol. The molecule has 0 saturated carbocycles. The van der Waals surface area contributed by atoms with Gasteiger partial charge < -0.3 is 19.7 Å². The van der Waals surface area contributed by atoms with Crippen molar-refractivity contribution in [3.05, 3.63) is 82.3 Å². The second-order valence-electron chi connectivity index (χ2n) is 10.0. The van der Waals surface area contributed by atoms with Crippen LogP contribution in [0.2, 0.25) is 0 Å². The third-order valence-electron chi connectivity index (χ3n) is 6.98. The molecule has 0 aliphatic carbocycles. The molecular formula is C31H38BrN3O6S. The Morgan fingerprint density at radius 3 is 2.17 bits per heavy atom. The lowest BCUT2D eigenvalue weighted by atomic mass is 10.1. The Balaban J connectivity index is 2.11. The fraction of sp³-hybridized carbons (Fsp3) is 0.355. The van der Waals surface area contributed by atoms with Crippen LogP contribution in [0.4, 0.5) is 5.69 Å². The first kappa shape index (κ1) is 32.9. The van der Waals surface area contributed by atoms with Gasteiger partial charge in [0.05, 0.1) is 24.8 Å². The van der Waals surface area contributed by atoms with Crippen LogP contribution in [0.15, 0.2) is 76.1 Å². The fourth-order valence-corrected chi connectivity index (χ4v) is 5.86. The highest BCUT2D eigenvalue weighted by molar-refractivity contribution is 9.10. The first-order valence-electron chi connectivity index (χ1n) is 13.6. The molecule has 2 atom stereocenters. The molecule has 0 spiro atoms. The van der Waals surface area contributed by atoms with Crippen LogP contribution in [-0.2, 0) is 26.2 Å². The summed E-state index contributed by atoms with van der Waals surface area (Å²) in [4.78, 5) is 28.8. The number of nitrogens with one attached hydrogen (secondary N) is 1. The van der Waals surface area contributed by atoms with Gasteiger partial charge in [0, 0.05) is 23.1 Å². The third kappa shape index (κ3) is 8.04. The Hall–Kier alpha value is -3.57. The van der Waals surface area contributed by atoms with Crippen LogP contribution >= 0.6 is 15.9 Å². The molecule has 0 saturated heterocycles. The van der Waals surface area contributed by atoms with Crippen LogP contribution in [0.5, 0.6) is 11.5 Å². The number of hydrogen-bond acceptors (Lipinski definition) is 6. The average molecular weight is 661 g/mol. The van der Waals surface area contributed by atoms with Crippen LogP contribution < -0.4 is 19.1 Å². The molecule has 9 nitrogen and oxygen atoms in total. The van der Waals surface area contributed by atoms with Gasteiger partial charge in [0.2, 0.25) is 11.8 Å². The standard InChI is InChI=1S/C31H38BrN3O6S/c1-7-22(3)33-31(37)23(4)34(19-24-10-12-25(32)13-11-24)30(36)20-35(28-18-26(40-5)14-17-29(28)41-6)42(38,39)27-15-8-21(2)9-16-27/h8-18,22-23H,7,19-20H2,1-6H3,(H,33,37)/t22-,23-/m0/s1. The minimum atomic E-state index is -4.26. The number of methoxy groups -OCH3 is 2. The number of carbonyl (C=O) groups excluding carboxylic acids is 2. The second kappa shape index (κ2) is 14.6. The van der Waals surface area contributed by atoms with E-state index in [9.17, 15) is 18.0 Å². The number of benzene rings is 3. The second-order valence-corrected chi connectivity index (χ2v) is 12.8. The summed E-state index contributed by atoms with van der Waals surface area (Å²) < 4.78 is 41.0. The van der Waals surface area contributed by atoms with Crippen LogP contribution in [-0.4, -0.2) is 58.0 Å². The first-order chi connectivity index (χ1) is 19.9. The van der Waals surface area contributed by atoms with Crippen LogP contribution in [0.25, 0.3) is 0 Å². The molecule has 0 aliphatic heterocycles. The van der Waals surface area contributed by atoms with Crippen molar-refractivity contribution in [1.29, 1.82) is 0 Å². The van der Waals surface area contributed by atoms with E-state index in [2.05, 4.69) is 21.2 Å². The quantitative estimate of drug-likeness (QED) is 0.267. The molecule has 226 valence electrons. The molecule has 11 heteroatoms. The lowest BCUT2D eigenvalue weighted by molar-refractivity contribution is -0.139. The highest BCUT2D eigenvalue weighted by atomic mass is 79.9. The van der Waals surface area contributed by atoms with Crippen molar-refractivity contribution in [3.8, 4) is 11.5 Å². The summed E-state index contributed by atoms with van der Waals surface area (Å²) in [5.41, 5.74) is 1.80. The maximum absolute atomic E-state index is 14.1. The molecular weight excluding hydrogens is 622 g/mol. The maximum atomic E-state index is 14.1. The van der Waals surface area contributed by atoms with E-state index in [4.69, 9.17) is 9.47 Å². The Bertz CT molecular complexity index is 1480. The van der Waals surface area contributed by atoms with E-state index in [-0.39, 0.29) is 34.8 Å². The van der Waals surface area contributed by atoms with Gasteiger partial charge in [-0.2, -0.15) is 0 Å². The first-order valence-corrected chi connectivity index (χ1v) is 15.8. The van der Waals surface area contributed by atoms with Gasteiger partial charge in [-0.3, -0.25) is 13.9 Å². The van der Waals surface area contributed by atoms with Gasteiger partial charge in [-0.05, 0) is 69.2 Å². The summed E-state index contributed by atoms with van der Waals surface area (Å²) >= 11 is 3.42. The van der Waals surface area contributed by atoms with Crippen molar-refractivity contribution in [2.45, 2.75) is 57.6 Å². The molecule has 3 aromatic rings. The summed E-state index contributed by atoms with van der Waals surface area (Å²) in [7, 11) is -1.37. The van der Waals surface area contributed by atoms with Gasteiger partial charge >= 0.3 is 0 Å². The van der Waals surface area contributed by atoms with Crippen LogP contribution in [0.1, 0.15) is 38.3 Å². The van der Waals surface area contributed by atoms with Gasteiger partial charge in [0.1, 0.15) is 24.1 Å². The Labute approximate surface area is 257 Å². The number of ether oxygens (including phenoxy) is 2. The average Bonchev–Trinajstić information content (AvgIpc) is 2.98. The summed E-state index contributed by atoms with van der Waals surface area (Å²) in [5, 5.41) is 2.93. The minimum absolute atomic E-state index is 0.00722. The van der Waals surface area contributed by atoms with E-state index in [0.29, 0.717) is 5.75 Å². The smallest absolute Gasteiger partial charge is 0.264 e. The molecule has 0 radical (unpaired) electrons. The van der Waals surface area contributed by atoms with Gasteiger partial charge in [0.25, 0.3) is 10.0 Å². The number of sulfonamides is 1. The molecule has 0 aliphatic rings. The van der Waals surface area contributed by atoms with E-state index in [0.717, 1.165) is 26.3 Å². The van der Waals surface area contributed by atoms with Crippen molar-refractivity contribution >= 4 is 43.5 Å². The van der Waals surface area contributed by atoms with Crippen molar-refractivity contribution in [1.82, 2.24) is 10.2 Å². The molecule has 0 bridgehead atoms. The van der Waals surface area contributed by atoms with Crippen molar-refractivity contribution < 1.29 is 27.5 Å². The summed E-state index contributed by atoms with van der Waals surface area (Å²) in [6, 6.07) is 17.5.